The Balaban J connectivity index is 1.70. The van der Waals surface area contributed by atoms with Crippen LogP contribution >= 0.6 is 0 Å². The van der Waals surface area contributed by atoms with Crippen molar-refractivity contribution >= 4 is 17.8 Å². The second kappa shape index (κ2) is 8.02. The maximum absolute atomic E-state index is 12.4. The summed E-state index contributed by atoms with van der Waals surface area (Å²) in [4.78, 5) is 22.8. The fourth-order valence-electron chi connectivity index (χ4n) is 2.90. The molecule has 1 amide bonds. The summed E-state index contributed by atoms with van der Waals surface area (Å²) in [5.41, 5.74) is 3.52. The normalized spacial score (nSPS) is 15.8. The standard InChI is InChI=1S/C21H23N3O6/c1-12-7-15(24(27)28)8-13(19(12)25)10-22-23-20(26)18-11-29-16-6-5-14(21(2,3)4)9-17(16)30-18/h5-10,18,25H,11H2,1-4H3,(H,23,26)/b22-10-. The summed E-state index contributed by atoms with van der Waals surface area (Å²) < 4.78 is 11.4. The molecule has 158 valence electrons. The van der Waals surface area contributed by atoms with Crippen LogP contribution in [-0.2, 0) is 10.2 Å². The smallest absolute Gasteiger partial charge is 0.284 e. The number of hydrogen-bond acceptors (Lipinski definition) is 7. The lowest BCUT2D eigenvalue weighted by atomic mass is 9.87. The Morgan fingerprint density at radius 1 is 1.30 bits per heavy atom. The first-order chi connectivity index (χ1) is 14.1. The van der Waals surface area contributed by atoms with Crippen LogP contribution in [0, 0.1) is 17.0 Å². The number of nitrogens with zero attached hydrogens (tertiary/aromatic N) is 2. The van der Waals surface area contributed by atoms with Gasteiger partial charge in [0.05, 0.1) is 11.1 Å². The molecule has 9 heteroatoms. The van der Waals surface area contributed by atoms with Crippen LogP contribution in [0.2, 0.25) is 0 Å². The van der Waals surface area contributed by atoms with Gasteiger partial charge in [-0.2, -0.15) is 5.10 Å². The third kappa shape index (κ3) is 4.51. The molecule has 0 bridgehead atoms. The van der Waals surface area contributed by atoms with E-state index in [-0.39, 0.29) is 29.0 Å². The van der Waals surface area contributed by atoms with E-state index < -0.39 is 16.9 Å². The molecule has 1 unspecified atom stereocenters. The summed E-state index contributed by atoms with van der Waals surface area (Å²) in [6.45, 7) is 7.77. The second-order valence-corrected chi connectivity index (χ2v) is 8.02. The van der Waals surface area contributed by atoms with Crippen LogP contribution in [0.15, 0.2) is 35.4 Å². The number of carbonyl (C=O) groups excluding carboxylic acids is 1. The first kappa shape index (κ1) is 21.1. The van der Waals surface area contributed by atoms with E-state index in [0.29, 0.717) is 17.1 Å². The van der Waals surface area contributed by atoms with Crippen LogP contribution in [-0.4, -0.2) is 34.9 Å². The number of fused-ring (bicyclic) bond motifs is 1. The number of nitro groups is 1. The summed E-state index contributed by atoms with van der Waals surface area (Å²) in [5, 5.41) is 24.8. The zero-order valence-electron chi connectivity index (χ0n) is 17.1. The minimum atomic E-state index is -0.912. The van der Waals surface area contributed by atoms with Gasteiger partial charge in [0.2, 0.25) is 6.10 Å². The van der Waals surface area contributed by atoms with E-state index in [9.17, 15) is 20.0 Å². The number of aryl methyl sites for hydroxylation is 1. The van der Waals surface area contributed by atoms with Gasteiger partial charge in [-0.05, 0) is 35.6 Å². The predicted octanol–water partition coefficient (Wildman–Crippen LogP) is 3.20. The lowest BCUT2D eigenvalue weighted by Crippen LogP contribution is -2.42. The van der Waals surface area contributed by atoms with Crippen molar-refractivity contribution in [3.05, 3.63) is 57.1 Å². The van der Waals surface area contributed by atoms with Crippen molar-refractivity contribution < 1.29 is 24.3 Å². The molecule has 0 aliphatic carbocycles. The van der Waals surface area contributed by atoms with Gasteiger partial charge in [-0.1, -0.05) is 26.8 Å². The third-order valence-electron chi connectivity index (χ3n) is 4.67. The van der Waals surface area contributed by atoms with Crippen molar-refractivity contribution in [3.8, 4) is 17.2 Å². The van der Waals surface area contributed by atoms with Gasteiger partial charge in [-0.15, -0.1) is 0 Å². The van der Waals surface area contributed by atoms with Gasteiger partial charge in [0.1, 0.15) is 12.4 Å². The fourth-order valence-corrected chi connectivity index (χ4v) is 2.90. The molecule has 1 aliphatic rings. The highest BCUT2D eigenvalue weighted by atomic mass is 16.6. The Morgan fingerprint density at radius 2 is 2.03 bits per heavy atom. The number of hydrazone groups is 1. The number of carbonyl (C=O) groups is 1. The number of nitrogens with one attached hydrogen (secondary N) is 1. The molecule has 1 aliphatic heterocycles. The van der Waals surface area contributed by atoms with Gasteiger partial charge in [0, 0.05) is 17.7 Å². The molecule has 0 fully saturated rings. The topological polar surface area (TPSA) is 123 Å². The number of benzene rings is 2. The SMILES string of the molecule is Cc1cc([N+](=O)[O-])cc(/C=N\NC(=O)C2COc3ccc(C(C)(C)C)cc3O2)c1O. The van der Waals surface area contributed by atoms with E-state index in [2.05, 4.69) is 31.3 Å². The van der Waals surface area contributed by atoms with Crippen LogP contribution in [0.4, 0.5) is 5.69 Å². The monoisotopic (exact) mass is 413 g/mol. The largest absolute Gasteiger partial charge is 0.507 e. The van der Waals surface area contributed by atoms with Gasteiger partial charge in [-0.25, -0.2) is 5.43 Å². The van der Waals surface area contributed by atoms with Crippen molar-refractivity contribution in [2.45, 2.75) is 39.2 Å². The van der Waals surface area contributed by atoms with Crippen molar-refractivity contribution in [3.63, 3.8) is 0 Å². The van der Waals surface area contributed by atoms with Gasteiger partial charge >= 0.3 is 0 Å². The van der Waals surface area contributed by atoms with Gasteiger partial charge in [0.25, 0.3) is 11.6 Å². The van der Waals surface area contributed by atoms with Gasteiger partial charge in [-0.3, -0.25) is 14.9 Å². The quantitative estimate of drug-likeness (QED) is 0.451. The Bertz CT molecular complexity index is 1030. The number of nitro benzene ring substituents is 1. The van der Waals surface area contributed by atoms with Crippen LogP contribution in [0.5, 0.6) is 17.2 Å². The highest BCUT2D eigenvalue weighted by Crippen LogP contribution is 2.36. The molecule has 1 heterocycles. The third-order valence-corrected chi connectivity index (χ3v) is 4.67. The van der Waals surface area contributed by atoms with E-state index in [1.165, 1.54) is 19.1 Å². The maximum atomic E-state index is 12.4. The Morgan fingerprint density at radius 3 is 2.70 bits per heavy atom. The molecule has 3 rings (SSSR count). The zero-order chi connectivity index (χ0) is 22.1. The van der Waals surface area contributed by atoms with Gasteiger partial charge in [0.15, 0.2) is 11.5 Å². The van der Waals surface area contributed by atoms with Crippen LogP contribution < -0.4 is 14.9 Å². The van der Waals surface area contributed by atoms with Crippen molar-refractivity contribution in [1.82, 2.24) is 5.43 Å². The van der Waals surface area contributed by atoms with Gasteiger partial charge < -0.3 is 14.6 Å². The van der Waals surface area contributed by atoms with E-state index in [1.54, 1.807) is 0 Å². The first-order valence-electron chi connectivity index (χ1n) is 9.31. The minimum Gasteiger partial charge on any atom is -0.507 e. The number of phenolic OH excluding ortho intramolecular Hbond substituents is 1. The fraction of sp³-hybridized carbons (Fsp3) is 0.333. The highest BCUT2D eigenvalue weighted by Gasteiger charge is 2.28. The van der Waals surface area contributed by atoms with Crippen molar-refractivity contribution in [1.29, 1.82) is 0 Å². The van der Waals surface area contributed by atoms with E-state index in [1.807, 2.05) is 18.2 Å². The summed E-state index contributed by atoms with van der Waals surface area (Å²) in [5.74, 6) is 0.344. The molecule has 9 nitrogen and oxygen atoms in total. The summed E-state index contributed by atoms with van der Waals surface area (Å²) >= 11 is 0. The maximum Gasteiger partial charge on any atom is 0.284 e. The summed E-state index contributed by atoms with van der Waals surface area (Å²) in [6, 6.07) is 8.04. The molecule has 0 saturated heterocycles. The zero-order valence-corrected chi connectivity index (χ0v) is 17.1. The first-order valence-corrected chi connectivity index (χ1v) is 9.31. The number of hydrogen-bond donors (Lipinski definition) is 2. The molecular weight excluding hydrogens is 390 g/mol. The molecule has 30 heavy (non-hydrogen) atoms. The van der Waals surface area contributed by atoms with E-state index >= 15 is 0 Å². The Labute approximate surface area is 173 Å². The predicted molar refractivity (Wildman–Crippen MR) is 110 cm³/mol. The number of rotatable bonds is 4. The number of non-ortho nitro benzene ring substituents is 1. The Kier molecular flexibility index (Phi) is 5.64. The molecular formula is C21H23N3O6. The number of aromatic hydroxyl groups is 1. The summed E-state index contributed by atoms with van der Waals surface area (Å²) in [7, 11) is 0. The lowest BCUT2D eigenvalue weighted by molar-refractivity contribution is -0.384. The molecule has 0 radical (unpaired) electrons. The van der Waals surface area contributed by atoms with Crippen LogP contribution in [0.25, 0.3) is 0 Å². The molecule has 2 aromatic rings. The van der Waals surface area contributed by atoms with E-state index in [0.717, 1.165) is 11.8 Å². The average molecular weight is 413 g/mol. The number of phenols is 1. The van der Waals surface area contributed by atoms with Crippen molar-refractivity contribution in [2.75, 3.05) is 6.61 Å². The van der Waals surface area contributed by atoms with E-state index in [4.69, 9.17) is 9.47 Å². The van der Waals surface area contributed by atoms with Crippen LogP contribution in [0.1, 0.15) is 37.5 Å². The van der Waals surface area contributed by atoms with Crippen LogP contribution in [0.3, 0.4) is 0 Å². The highest BCUT2D eigenvalue weighted by molar-refractivity contribution is 5.87. The molecule has 0 saturated carbocycles. The molecule has 0 aromatic heterocycles. The molecule has 0 spiro atoms. The molecule has 2 N–H and O–H groups in total. The number of amides is 1. The lowest BCUT2D eigenvalue weighted by Gasteiger charge is -2.27. The minimum absolute atomic E-state index is 0.0182. The molecule has 1 atom stereocenters. The second-order valence-electron chi connectivity index (χ2n) is 8.02. The summed E-state index contributed by atoms with van der Waals surface area (Å²) in [6.07, 6.45) is 0.230. The van der Waals surface area contributed by atoms with Crippen molar-refractivity contribution in [2.24, 2.45) is 5.10 Å². The molecule has 2 aromatic carbocycles. The number of ether oxygens (including phenoxy) is 2. The Hall–Kier alpha value is -3.62. The average Bonchev–Trinajstić information content (AvgIpc) is 2.69.